The predicted molar refractivity (Wildman–Crippen MR) is 97.2 cm³/mol. The maximum atomic E-state index is 12.0. The molecule has 0 spiro atoms. The number of fused-ring (bicyclic) bond motifs is 1. The lowest BCUT2D eigenvalue weighted by molar-refractivity contribution is -0.385. The van der Waals surface area contributed by atoms with E-state index in [4.69, 9.17) is 16.3 Å². The normalized spacial score (nSPS) is 10.8. The maximum Gasteiger partial charge on any atom is 0.417 e. The quantitative estimate of drug-likeness (QED) is 0.398. The van der Waals surface area contributed by atoms with E-state index < -0.39 is 11.0 Å². The zero-order chi connectivity index (χ0) is 19.7. The van der Waals surface area contributed by atoms with Crippen molar-refractivity contribution in [2.45, 2.75) is 13.8 Å². The lowest BCUT2D eigenvalue weighted by Crippen LogP contribution is -2.27. The molecule has 3 aromatic rings. The number of anilines is 2. The molecule has 0 bridgehead atoms. The van der Waals surface area contributed by atoms with Crippen molar-refractivity contribution in [3.05, 3.63) is 51.3 Å². The Balaban J connectivity index is 2.26. The number of carboxylic acid groups (broad SMARTS) is 1. The highest BCUT2D eigenvalue weighted by atomic mass is 35.5. The summed E-state index contributed by atoms with van der Waals surface area (Å²) in [6, 6.07) is 5.46. The minimum Gasteiger partial charge on any atom is -0.487 e. The number of nitro benzene ring substituents is 1. The summed E-state index contributed by atoms with van der Waals surface area (Å²) in [7, 11) is 0. The summed E-state index contributed by atoms with van der Waals surface area (Å²) in [6.07, 6.45) is 0.0815. The molecule has 0 fully saturated rings. The van der Waals surface area contributed by atoms with Gasteiger partial charge in [-0.15, -0.1) is 0 Å². The predicted octanol–water partition coefficient (Wildman–Crippen LogP) is 3.81. The van der Waals surface area contributed by atoms with Gasteiger partial charge in [0.2, 0.25) is 0 Å². The van der Waals surface area contributed by atoms with Crippen LogP contribution in [0.5, 0.6) is 5.75 Å². The van der Waals surface area contributed by atoms with E-state index in [-0.39, 0.29) is 34.7 Å². The van der Waals surface area contributed by atoms with Gasteiger partial charge in [0.1, 0.15) is 5.15 Å². The number of rotatable bonds is 5. The molecule has 1 aromatic carbocycles. The number of aromatic nitrogens is 3. The van der Waals surface area contributed by atoms with Gasteiger partial charge in [-0.3, -0.25) is 10.1 Å². The third kappa shape index (κ3) is 3.22. The van der Waals surface area contributed by atoms with Crippen LogP contribution in [0.1, 0.15) is 12.5 Å². The van der Waals surface area contributed by atoms with E-state index in [2.05, 4.69) is 10.1 Å². The average Bonchev–Trinajstić information content (AvgIpc) is 3.07. The van der Waals surface area contributed by atoms with Gasteiger partial charge in [-0.2, -0.15) is 9.61 Å². The fourth-order valence-corrected chi connectivity index (χ4v) is 2.80. The number of halogens is 1. The van der Waals surface area contributed by atoms with Crippen molar-refractivity contribution >= 4 is 40.5 Å². The summed E-state index contributed by atoms with van der Waals surface area (Å²) in [4.78, 5) is 27.8. The SMILES string of the molecule is CCOc1ccc(N(C(=O)O)c2c(C)c(Cl)nc3ccnn23)cc1[N+](=O)[O-]. The minimum atomic E-state index is -1.37. The Hall–Kier alpha value is -3.40. The summed E-state index contributed by atoms with van der Waals surface area (Å²) in [5.41, 5.74) is 0.383. The molecule has 140 valence electrons. The number of nitro groups is 1. The number of hydrogen-bond donors (Lipinski definition) is 1. The number of amides is 1. The van der Waals surface area contributed by atoms with E-state index in [1.165, 1.54) is 22.8 Å². The van der Waals surface area contributed by atoms with E-state index in [1.807, 2.05) is 0 Å². The Morgan fingerprint density at radius 1 is 1.44 bits per heavy atom. The van der Waals surface area contributed by atoms with E-state index in [9.17, 15) is 20.0 Å². The highest BCUT2D eigenvalue weighted by molar-refractivity contribution is 6.30. The van der Waals surface area contributed by atoms with E-state index >= 15 is 0 Å². The van der Waals surface area contributed by atoms with Crippen LogP contribution in [0.15, 0.2) is 30.5 Å². The zero-order valence-corrected chi connectivity index (χ0v) is 15.0. The van der Waals surface area contributed by atoms with E-state index in [0.29, 0.717) is 11.2 Å². The van der Waals surface area contributed by atoms with Gasteiger partial charge in [-0.1, -0.05) is 11.6 Å². The zero-order valence-electron chi connectivity index (χ0n) is 14.3. The van der Waals surface area contributed by atoms with E-state index in [1.54, 1.807) is 19.9 Å². The molecule has 0 unspecified atom stereocenters. The Morgan fingerprint density at radius 3 is 2.81 bits per heavy atom. The molecule has 27 heavy (non-hydrogen) atoms. The second-order valence-electron chi connectivity index (χ2n) is 5.41. The van der Waals surface area contributed by atoms with Crippen molar-refractivity contribution < 1.29 is 19.6 Å². The topological polar surface area (TPSA) is 123 Å². The van der Waals surface area contributed by atoms with Gasteiger partial charge in [-0.05, 0) is 26.0 Å². The standard InChI is InChI=1S/C16H14ClN5O5/c1-3-27-12-5-4-10(8-11(12)22(25)26)20(16(23)24)15-9(2)14(17)19-13-6-7-18-21(13)15/h4-8H,3H2,1-2H3,(H,23,24). The lowest BCUT2D eigenvalue weighted by atomic mass is 10.2. The van der Waals surface area contributed by atoms with Gasteiger partial charge in [0, 0.05) is 17.7 Å². The molecule has 0 aliphatic heterocycles. The largest absolute Gasteiger partial charge is 0.487 e. The Bertz CT molecular complexity index is 1050. The second kappa shape index (κ2) is 7.08. The van der Waals surface area contributed by atoms with Crippen LogP contribution in [0, 0.1) is 17.0 Å². The van der Waals surface area contributed by atoms with Gasteiger partial charge < -0.3 is 9.84 Å². The molecule has 1 N–H and O–H groups in total. The molecular weight excluding hydrogens is 378 g/mol. The average molecular weight is 392 g/mol. The Kier molecular flexibility index (Phi) is 4.82. The number of ether oxygens (including phenoxy) is 1. The molecule has 0 aliphatic rings. The maximum absolute atomic E-state index is 12.0. The van der Waals surface area contributed by atoms with Crippen LogP contribution < -0.4 is 9.64 Å². The van der Waals surface area contributed by atoms with Crippen LogP contribution >= 0.6 is 11.6 Å². The fourth-order valence-electron chi connectivity index (χ4n) is 2.63. The van der Waals surface area contributed by atoms with Crippen molar-refractivity contribution in [2.75, 3.05) is 11.5 Å². The third-order valence-corrected chi connectivity index (χ3v) is 4.15. The summed E-state index contributed by atoms with van der Waals surface area (Å²) < 4.78 is 6.55. The molecule has 3 rings (SSSR count). The van der Waals surface area contributed by atoms with Gasteiger partial charge in [-0.25, -0.2) is 14.7 Å². The molecule has 0 saturated heterocycles. The van der Waals surface area contributed by atoms with Gasteiger partial charge in [0.25, 0.3) is 0 Å². The molecule has 0 saturated carbocycles. The molecule has 2 heterocycles. The minimum absolute atomic E-state index is 0.0415. The highest BCUT2D eigenvalue weighted by Gasteiger charge is 2.27. The molecule has 0 atom stereocenters. The van der Waals surface area contributed by atoms with E-state index in [0.717, 1.165) is 11.0 Å². The van der Waals surface area contributed by atoms with Gasteiger partial charge >= 0.3 is 11.8 Å². The monoisotopic (exact) mass is 391 g/mol. The number of carbonyl (C=O) groups is 1. The summed E-state index contributed by atoms with van der Waals surface area (Å²) >= 11 is 6.13. The smallest absolute Gasteiger partial charge is 0.417 e. The third-order valence-electron chi connectivity index (χ3n) is 3.78. The first-order chi connectivity index (χ1) is 12.8. The number of hydrogen-bond acceptors (Lipinski definition) is 6. The van der Waals surface area contributed by atoms with Crippen LogP contribution in [-0.2, 0) is 0 Å². The number of nitrogens with zero attached hydrogens (tertiary/aromatic N) is 5. The molecule has 10 nitrogen and oxygen atoms in total. The first kappa shape index (κ1) is 18.4. The van der Waals surface area contributed by atoms with Crippen molar-refractivity contribution in [1.82, 2.24) is 14.6 Å². The number of benzene rings is 1. The Morgan fingerprint density at radius 2 is 2.19 bits per heavy atom. The molecule has 0 aliphatic carbocycles. The van der Waals surface area contributed by atoms with Crippen LogP contribution in [-0.4, -0.2) is 37.3 Å². The van der Waals surface area contributed by atoms with Crippen molar-refractivity contribution in [2.24, 2.45) is 0 Å². The first-order valence-electron chi connectivity index (χ1n) is 7.79. The molecule has 2 aromatic heterocycles. The van der Waals surface area contributed by atoms with Crippen molar-refractivity contribution in [1.29, 1.82) is 0 Å². The van der Waals surface area contributed by atoms with Crippen LogP contribution in [0.4, 0.5) is 22.0 Å². The highest BCUT2D eigenvalue weighted by Crippen LogP contribution is 2.37. The molecular formula is C16H14ClN5O5. The molecule has 11 heteroatoms. The fraction of sp³-hybridized carbons (Fsp3) is 0.188. The van der Waals surface area contributed by atoms with Crippen LogP contribution in [0.3, 0.4) is 0 Å². The lowest BCUT2D eigenvalue weighted by Gasteiger charge is -2.22. The van der Waals surface area contributed by atoms with Gasteiger partial charge in [0.15, 0.2) is 17.2 Å². The van der Waals surface area contributed by atoms with Crippen LogP contribution in [0.2, 0.25) is 5.15 Å². The Labute approximate surface area is 157 Å². The summed E-state index contributed by atoms with van der Waals surface area (Å²) in [5, 5.41) is 25.4. The van der Waals surface area contributed by atoms with Gasteiger partial charge in [0.05, 0.1) is 23.4 Å². The van der Waals surface area contributed by atoms with Crippen molar-refractivity contribution in [3.63, 3.8) is 0 Å². The summed E-state index contributed by atoms with van der Waals surface area (Å²) in [6.45, 7) is 3.51. The second-order valence-corrected chi connectivity index (χ2v) is 5.77. The van der Waals surface area contributed by atoms with Crippen LogP contribution in [0.25, 0.3) is 5.65 Å². The van der Waals surface area contributed by atoms with Crippen molar-refractivity contribution in [3.8, 4) is 5.75 Å². The first-order valence-corrected chi connectivity index (χ1v) is 8.17. The molecule has 0 radical (unpaired) electrons. The molecule has 1 amide bonds. The summed E-state index contributed by atoms with van der Waals surface area (Å²) in [5.74, 6) is 0.159.